The maximum atomic E-state index is 13.4. The van der Waals surface area contributed by atoms with Crippen molar-refractivity contribution in [1.82, 2.24) is 0 Å². The molecule has 1 saturated heterocycles. The molecule has 5 heteroatoms. The third kappa shape index (κ3) is 2.07. The van der Waals surface area contributed by atoms with Gasteiger partial charge in [-0.1, -0.05) is 61.4 Å². The molecular formula is C24H32INO3. The average molecular weight is 509 g/mol. The van der Waals surface area contributed by atoms with Gasteiger partial charge < -0.3 is 9.84 Å². The lowest BCUT2D eigenvalue weighted by Gasteiger charge is -2.59. The molecule has 6 unspecified atom stereocenters. The molecule has 1 heterocycles. The summed E-state index contributed by atoms with van der Waals surface area (Å²) in [6, 6.07) is 2.73. The summed E-state index contributed by atoms with van der Waals surface area (Å²) in [5.41, 5.74) is -1.28. The van der Waals surface area contributed by atoms with Crippen LogP contribution < -0.4 is 0 Å². The molecule has 5 rings (SSSR count). The van der Waals surface area contributed by atoms with Gasteiger partial charge in [0, 0.05) is 9.84 Å². The first-order chi connectivity index (χ1) is 13.8. The summed E-state index contributed by atoms with van der Waals surface area (Å²) in [5.74, 6) is 0.779. The molecule has 4 nitrogen and oxygen atoms in total. The molecule has 3 saturated carbocycles. The third-order valence-corrected chi connectivity index (χ3v) is 10.8. The van der Waals surface area contributed by atoms with Crippen LogP contribution in [0.15, 0.2) is 11.6 Å². The molecule has 29 heavy (non-hydrogen) atoms. The van der Waals surface area contributed by atoms with Crippen LogP contribution in [0.1, 0.15) is 59.3 Å². The SMILES string of the molecule is CC(C)C1=CC2CC3(C#N)[C@@H]4CC[C@@H](C)[C@H]4CC2(C2CCC(CI)O2)C13C(=O)O. The Morgan fingerprint density at radius 2 is 2.10 bits per heavy atom. The largest absolute Gasteiger partial charge is 0.481 e. The third-order valence-electron chi connectivity index (χ3n) is 9.77. The number of carbonyl (C=O) groups is 1. The minimum Gasteiger partial charge on any atom is -0.481 e. The molecule has 1 N–H and O–H groups in total. The summed E-state index contributed by atoms with van der Waals surface area (Å²) < 4.78 is 7.56. The molecule has 4 bridgehead atoms. The maximum absolute atomic E-state index is 13.4. The minimum absolute atomic E-state index is 0.0418. The molecule has 5 aliphatic rings. The van der Waals surface area contributed by atoms with Crippen LogP contribution in [-0.2, 0) is 9.53 Å². The van der Waals surface area contributed by atoms with E-state index in [4.69, 9.17) is 4.74 Å². The molecule has 158 valence electrons. The van der Waals surface area contributed by atoms with Crippen LogP contribution in [0.4, 0.5) is 0 Å². The van der Waals surface area contributed by atoms with E-state index in [-0.39, 0.29) is 30.0 Å². The number of nitrogens with zero attached hydrogens (tertiary/aromatic N) is 1. The lowest BCUT2D eigenvalue weighted by atomic mass is 9.41. The molecule has 0 amide bonds. The number of alkyl halides is 1. The highest BCUT2D eigenvalue weighted by Gasteiger charge is 2.86. The Morgan fingerprint density at radius 1 is 1.34 bits per heavy atom. The van der Waals surface area contributed by atoms with Crippen molar-refractivity contribution in [2.75, 3.05) is 4.43 Å². The summed E-state index contributed by atoms with van der Waals surface area (Å²) in [7, 11) is 0. The Hall–Kier alpha value is -0.610. The van der Waals surface area contributed by atoms with E-state index in [1.807, 2.05) is 0 Å². The number of fused-ring (bicyclic) bond motifs is 2. The van der Waals surface area contributed by atoms with Crippen molar-refractivity contribution in [3.8, 4) is 6.07 Å². The molecule has 0 spiro atoms. The van der Waals surface area contributed by atoms with Crippen molar-refractivity contribution in [1.29, 1.82) is 5.26 Å². The van der Waals surface area contributed by atoms with Crippen molar-refractivity contribution in [3.63, 3.8) is 0 Å². The Bertz CT molecular complexity index is 817. The van der Waals surface area contributed by atoms with Gasteiger partial charge in [0.25, 0.3) is 0 Å². The second-order valence-corrected chi connectivity index (χ2v) is 11.7. The van der Waals surface area contributed by atoms with Gasteiger partial charge in [-0.3, -0.25) is 4.79 Å². The number of carboxylic acid groups (broad SMARTS) is 1. The number of ether oxygens (including phenoxy) is 1. The highest BCUT2D eigenvalue weighted by Crippen LogP contribution is 2.84. The second kappa shape index (κ2) is 6.45. The lowest BCUT2D eigenvalue weighted by Crippen LogP contribution is -2.64. The van der Waals surface area contributed by atoms with Crippen LogP contribution in [-0.4, -0.2) is 27.7 Å². The van der Waals surface area contributed by atoms with Gasteiger partial charge >= 0.3 is 5.97 Å². The van der Waals surface area contributed by atoms with Gasteiger partial charge in [-0.15, -0.1) is 0 Å². The van der Waals surface area contributed by atoms with Crippen molar-refractivity contribution < 1.29 is 14.6 Å². The number of allylic oxidation sites excluding steroid dienone is 1. The molecule has 0 radical (unpaired) electrons. The Labute approximate surface area is 187 Å². The van der Waals surface area contributed by atoms with E-state index in [0.717, 1.165) is 42.1 Å². The average Bonchev–Trinajstić information content (AvgIpc) is 3.41. The Morgan fingerprint density at radius 3 is 2.69 bits per heavy atom. The maximum Gasteiger partial charge on any atom is 0.316 e. The molecule has 0 aromatic carbocycles. The highest BCUT2D eigenvalue weighted by atomic mass is 127. The van der Waals surface area contributed by atoms with Crippen LogP contribution >= 0.6 is 22.6 Å². The first kappa shape index (κ1) is 20.3. The predicted octanol–water partition coefficient (Wildman–Crippen LogP) is 5.22. The first-order valence-electron chi connectivity index (χ1n) is 11.4. The Balaban J connectivity index is 1.77. The second-order valence-electron chi connectivity index (χ2n) is 10.8. The van der Waals surface area contributed by atoms with Gasteiger partial charge in [0.15, 0.2) is 0 Å². The van der Waals surface area contributed by atoms with Gasteiger partial charge in [0.1, 0.15) is 5.41 Å². The molecule has 1 aliphatic heterocycles. The van der Waals surface area contributed by atoms with Crippen LogP contribution in [0.5, 0.6) is 0 Å². The fraction of sp³-hybridized carbons (Fsp3) is 0.833. The van der Waals surface area contributed by atoms with E-state index in [2.05, 4.69) is 55.5 Å². The zero-order valence-corrected chi connectivity index (χ0v) is 19.8. The summed E-state index contributed by atoms with van der Waals surface area (Å²) in [5, 5.41) is 21.7. The topological polar surface area (TPSA) is 70.3 Å². The van der Waals surface area contributed by atoms with E-state index in [1.54, 1.807) is 0 Å². The van der Waals surface area contributed by atoms with Gasteiger partial charge in [-0.05, 0) is 61.7 Å². The molecular weight excluding hydrogens is 477 g/mol. The quantitative estimate of drug-likeness (QED) is 0.321. The predicted molar refractivity (Wildman–Crippen MR) is 118 cm³/mol. The summed E-state index contributed by atoms with van der Waals surface area (Å²) >= 11 is 2.39. The number of halogens is 1. The molecule has 0 aromatic heterocycles. The smallest absolute Gasteiger partial charge is 0.316 e. The van der Waals surface area contributed by atoms with Crippen LogP contribution in [0.25, 0.3) is 0 Å². The van der Waals surface area contributed by atoms with Gasteiger partial charge in [0.2, 0.25) is 0 Å². The zero-order chi connectivity index (χ0) is 20.8. The van der Waals surface area contributed by atoms with Crippen molar-refractivity contribution in [2.45, 2.75) is 71.5 Å². The summed E-state index contributed by atoms with van der Waals surface area (Å²) in [4.78, 5) is 13.4. The van der Waals surface area contributed by atoms with E-state index in [0.29, 0.717) is 18.3 Å². The first-order valence-corrected chi connectivity index (χ1v) is 12.9. The van der Waals surface area contributed by atoms with Crippen LogP contribution in [0, 0.1) is 57.2 Å². The van der Waals surface area contributed by atoms with E-state index in [9.17, 15) is 15.2 Å². The standard InChI is InChI=1S/C24H32INO3/c1-13(2)19-8-15-9-22(12-26)18-6-4-14(3)17(18)10-23(15,24(19,22)21(27)28)20-7-5-16(11-25)29-20/h8,13-18,20H,4-7,9-11H2,1-3H3,(H,27,28)/t14-,15?,16?,17-,18-,20?,22?,23?,24?/m1/s1. The molecule has 0 aromatic rings. The van der Waals surface area contributed by atoms with Crippen LogP contribution in [0.2, 0.25) is 0 Å². The van der Waals surface area contributed by atoms with Gasteiger partial charge in [-0.25, -0.2) is 0 Å². The Kier molecular flexibility index (Phi) is 4.51. The highest BCUT2D eigenvalue weighted by molar-refractivity contribution is 14.1. The number of carboxylic acids is 1. The fourth-order valence-corrected chi connectivity index (χ4v) is 9.61. The van der Waals surface area contributed by atoms with Crippen molar-refractivity contribution in [2.24, 2.45) is 45.8 Å². The van der Waals surface area contributed by atoms with E-state index >= 15 is 0 Å². The van der Waals surface area contributed by atoms with Crippen LogP contribution in [0.3, 0.4) is 0 Å². The number of hydrogen-bond donors (Lipinski definition) is 1. The molecule has 4 aliphatic carbocycles. The number of rotatable bonds is 4. The van der Waals surface area contributed by atoms with Gasteiger partial charge in [0.05, 0.1) is 23.7 Å². The minimum atomic E-state index is -1.08. The number of aliphatic carboxylic acids is 1. The molecule has 9 atom stereocenters. The zero-order valence-electron chi connectivity index (χ0n) is 17.7. The summed E-state index contributed by atoms with van der Waals surface area (Å²) in [6.07, 6.45) is 8.19. The summed E-state index contributed by atoms with van der Waals surface area (Å²) in [6.45, 7) is 6.55. The lowest BCUT2D eigenvalue weighted by molar-refractivity contribution is -0.190. The number of nitriles is 1. The number of hydrogen-bond acceptors (Lipinski definition) is 3. The molecule has 4 fully saturated rings. The monoisotopic (exact) mass is 509 g/mol. The van der Waals surface area contributed by atoms with Crippen molar-refractivity contribution in [3.05, 3.63) is 11.6 Å². The van der Waals surface area contributed by atoms with Crippen molar-refractivity contribution >= 4 is 28.6 Å². The van der Waals surface area contributed by atoms with E-state index in [1.165, 1.54) is 0 Å². The van der Waals surface area contributed by atoms with E-state index < -0.39 is 22.2 Å². The normalized spacial score (nSPS) is 52.5. The van der Waals surface area contributed by atoms with Gasteiger partial charge in [-0.2, -0.15) is 5.26 Å². The fourth-order valence-electron chi connectivity index (χ4n) is 8.96.